The summed E-state index contributed by atoms with van der Waals surface area (Å²) in [6, 6.07) is 13.7. The standard InChI is InChI=1S/2C12H18O.4C4H9.O.2Sn/c2*1-3-5-8-11-10(4-2)7-6-9-12(11)13;4*1-3-4-2;;;/h2*6-7,9,13H,3-5,8H2,1-2H3;4*1,3-4H2,2H3;;;/q;;;;;;;2*+1/p-2. The van der Waals surface area contributed by atoms with Crippen LogP contribution in [0.25, 0.3) is 0 Å². The van der Waals surface area contributed by atoms with Crippen molar-refractivity contribution in [2.75, 3.05) is 0 Å². The molecule has 0 aliphatic carbocycles. The summed E-state index contributed by atoms with van der Waals surface area (Å²) in [7, 11) is 0. The predicted octanol–water partition coefficient (Wildman–Crippen LogP) is 13.1. The van der Waals surface area contributed by atoms with E-state index >= 15 is 0 Å². The summed E-state index contributed by atoms with van der Waals surface area (Å²) in [4.78, 5) is 0. The second-order valence-corrected chi connectivity index (χ2v) is 35.0. The van der Waals surface area contributed by atoms with Gasteiger partial charge in [-0.2, -0.15) is 0 Å². The number of hydrogen-bond donors (Lipinski definition) is 0. The maximum atomic E-state index is 8.08. The fourth-order valence-corrected chi connectivity index (χ4v) is 48.5. The van der Waals surface area contributed by atoms with Crippen molar-refractivity contribution in [3.8, 4) is 11.5 Å². The Balaban J connectivity index is 2.76. The Labute approximate surface area is 289 Å². The number of benzene rings is 2. The van der Waals surface area contributed by atoms with Crippen LogP contribution in [0.15, 0.2) is 36.4 Å². The molecule has 2 aromatic rings. The second-order valence-electron chi connectivity index (χ2n) is 13.2. The van der Waals surface area contributed by atoms with Crippen LogP contribution in [0.3, 0.4) is 0 Å². The quantitative estimate of drug-likeness (QED) is 0.0884. The van der Waals surface area contributed by atoms with E-state index in [-0.39, 0.29) is 0 Å². The molecule has 2 aromatic carbocycles. The van der Waals surface area contributed by atoms with Crippen LogP contribution in [0, 0.1) is 0 Å². The van der Waals surface area contributed by atoms with Gasteiger partial charge >= 0.3 is 292 Å². The first-order valence-electron chi connectivity index (χ1n) is 19.2. The van der Waals surface area contributed by atoms with E-state index in [1.165, 1.54) is 99.3 Å². The Morgan fingerprint density at radius 1 is 0.444 bits per heavy atom. The average Bonchev–Trinajstić information content (AvgIpc) is 3.06. The molecule has 0 spiro atoms. The van der Waals surface area contributed by atoms with Crippen molar-refractivity contribution in [1.29, 1.82) is 0 Å². The van der Waals surface area contributed by atoms with Crippen LogP contribution >= 0.6 is 0 Å². The van der Waals surface area contributed by atoms with Crippen LogP contribution < -0.4 is 6.15 Å². The van der Waals surface area contributed by atoms with Gasteiger partial charge in [0.2, 0.25) is 0 Å². The molecule has 0 amide bonds. The van der Waals surface area contributed by atoms with Crippen molar-refractivity contribution in [3.63, 3.8) is 0 Å². The van der Waals surface area contributed by atoms with E-state index in [0.29, 0.717) is 0 Å². The van der Waals surface area contributed by atoms with Crippen molar-refractivity contribution in [2.24, 2.45) is 0 Å². The van der Waals surface area contributed by atoms with Gasteiger partial charge in [-0.25, -0.2) is 0 Å². The summed E-state index contributed by atoms with van der Waals surface area (Å²) in [6.07, 6.45) is 18.6. The zero-order chi connectivity index (χ0) is 33.0. The third kappa shape index (κ3) is 13.2. The van der Waals surface area contributed by atoms with Gasteiger partial charge in [0.15, 0.2) is 0 Å². The van der Waals surface area contributed by atoms with Crippen molar-refractivity contribution >= 4 is 38.4 Å². The van der Waals surface area contributed by atoms with E-state index in [1.54, 1.807) is 0 Å². The normalized spacial score (nSPS) is 12.1. The third-order valence-corrected chi connectivity index (χ3v) is 41.9. The molecule has 0 N–H and O–H groups in total. The topological polar surface area (TPSA) is 27.7 Å². The van der Waals surface area contributed by atoms with Crippen LogP contribution in [0.5, 0.6) is 11.5 Å². The summed E-state index contributed by atoms with van der Waals surface area (Å²) in [6.45, 7) is 18.5. The molecule has 0 fully saturated rings. The van der Waals surface area contributed by atoms with Crippen molar-refractivity contribution in [2.45, 2.75) is 176 Å². The Morgan fingerprint density at radius 3 is 1.07 bits per heavy atom. The first kappa shape index (κ1) is 40.8. The zero-order valence-corrected chi connectivity index (χ0v) is 36.5. The third-order valence-electron chi connectivity index (χ3n) is 9.39. The van der Waals surface area contributed by atoms with Crippen LogP contribution in [-0.2, 0) is 27.1 Å². The SMILES string of the molecule is CCCCc1c(CC)cccc1[O][Sn]([CH2]CCC)([CH2]CCC)[O][Sn]([CH2]CCC)([CH2]CCC)[O]c1cccc(CC)c1CCCC. The van der Waals surface area contributed by atoms with Gasteiger partial charge in [0.05, 0.1) is 0 Å². The minimum atomic E-state index is -3.70. The fourth-order valence-electron chi connectivity index (χ4n) is 6.57. The predicted molar refractivity (Wildman–Crippen MR) is 202 cm³/mol. The Morgan fingerprint density at radius 2 is 0.778 bits per heavy atom. The number of rotatable bonds is 26. The van der Waals surface area contributed by atoms with Crippen LogP contribution in [0.1, 0.15) is 155 Å². The molecule has 0 atom stereocenters. The molecule has 0 aliphatic heterocycles. The van der Waals surface area contributed by atoms with Crippen LogP contribution in [0.4, 0.5) is 0 Å². The Hall–Kier alpha value is -0.403. The summed E-state index contributed by atoms with van der Waals surface area (Å²) in [5.41, 5.74) is 5.79. The summed E-state index contributed by atoms with van der Waals surface area (Å²) in [5, 5.41) is 0. The summed E-state index contributed by atoms with van der Waals surface area (Å²) in [5.74, 6) is 2.29. The van der Waals surface area contributed by atoms with Crippen molar-refractivity contribution < 1.29 is 7.56 Å². The van der Waals surface area contributed by atoms with E-state index in [1.807, 2.05) is 0 Å². The van der Waals surface area contributed by atoms with E-state index in [2.05, 4.69) is 91.8 Å². The molecule has 2 rings (SSSR count). The Bertz CT molecular complexity index is 970. The average molecular weight is 836 g/mol. The van der Waals surface area contributed by atoms with Gasteiger partial charge in [-0.05, 0) is 0 Å². The Kier molecular flexibility index (Phi) is 20.9. The molecule has 0 unspecified atom stereocenters. The first-order chi connectivity index (χ1) is 21.9. The van der Waals surface area contributed by atoms with Gasteiger partial charge in [0, 0.05) is 0 Å². The van der Waals surface area contributed by atoms with Gasteiger partial charge in [0.25, 0.3) is 0 Å². The molecule has 0 aliphatic rings. The molecular formula is C40H70O3Sn2. The molecule has 0 bridgehead atoms. The number of aryl methyl sites for hydroxylation is 2. The summed E-state index contributed by atoms with van der Waals surface area (Å²) >= 11 is -7.41. The van der Waals surface area contributed by atoms with Gasteiger partial charge in [-0.3, -0.25) is 0 Å². The molecule has 0 saturated heterocycles. The van der Waals surface area contributed by atoms with Crippen molar-refractivity contribution in [1.82, 2.24) is 0 Å². The zero-order valence-electron chi connectivity index (χ0n) is 30.8. The van der Waals surface area contributed by atoms with Crippen molar-refractivity contribution in [3.05, 3.63) is 58.7 Å². The van der Waals surface area contributed by atoms with Gasteiger partial charge in [-0.15, -0.1) is 0 Å². The maximum absolute atomic E-state index is 8.08. The van der Waals surface area contributed by atoms with Crippen LogP contribution in [-0.4, -0.2) is 38.4 Å². The molecule has 0 saturated carbocycles. The molecule has 5 heteroatoms. The molecule has 0 radical (unpaired) electrons. The first-order valence-corrected chi connectivity index (χ1v) is 31.9. The van der Waals surface area contributed by atoms with Crippen LogP contribution in [0.2, 0.25) is 17.7 Å². The molecule has 0 heterocycles. The minimum absolute atomic E-state index is 1.05. The van der Waals surface area contributed by atoms with Gasteiger partial charge < -0.3 is 0 Å². The molecule has 45 heavy (non-hydrogen) atoms. The number of unbranched alkanes of at least 4 members (excludes halogenated alkanes) is 6. The van der Waals surface area contributed by atoms with E-state index in [9.17, 15) is 0 Å². The molecular weight excluding hydrogens is 766 g/mol. The molecule has 0 aromatic heterocycles. The number of hydrogen-bond acceptors (Lipinski definition) is 3. The fraction of sp³-hybridized carbons (Fsp3) is 0.700. The summed E-state index contributed by atoms with van der Waals surface area (Å²) < 4.78 is 27.9. The van der Waals surface area contributed by atoms with Gasteiger partial charge in [0.1, 0.15) is 0 Å². The monoisotopic (exact) mass is 838 g/mol. The second kappa shape index (κ2) is 23.0. The molecule has 256 valence electrons. The van der Waals surface area contributed by atoms with E-state index in [0.717, 1.165) is 54.9 Å². The van der Waals surface area contributed by atoms with Gasteiger partial charge in [-0.1, -0.05) is 0 Å². The molecule has 3 nitrogen and oxygen atoms in total. The van der Waals surface area contributed by atoms with E-state index < -0.39 is 38.4 Å². The van der Waals surface area contributed by atoms with E-state index in [4.69, 9.17) is 7.56 Å².